The zero-order valence-corrected chi connectivity index (χ0v) is 12.8. The van der Waals surface area contributed by atoms with Gasteiger partial charge in [-0.1, -0.05) is 17.7 Å². The molecule has 0 heterocycles. The first-order chi connectivity index (χ1) is 10.5. The van der Waals surface area contributed by atoms with Crippen molar-refractivity contribution in [3.8, 4) is 5.75 Å². The maximum atomic E-state index is 12.3. The van der Waals surface area contributed by atoms with Crippen molar-refractivity contribution in [1.82, 2.24) is 0 Å². The maximum absolute atomic E-state index is 12.3. The molecule has 0 N–H and O–H groups in total. The molecule has 0 aliphatic rings. The molecule has 0 aliphatic heterocycles. The molecule has 2 aromatic carbocycles. The van der Waals surface area contributed by atoms with Gasteiger partial charge in [0.1, 0.15) is 5.75 Å². The van der Waals surface area contributed by atoms with Gasteiger partial charge in [0.15, 0.2) is 6.10 Å². The molecule has 0 aromatic heterocycles. The topological polar surface area (TPSA) is 52.6 Å². The molecule has 1 atom stereocenters. The van der Waals surface area contributed by atoms with Gasteiger partial charge >= 0.3 is 5.97 Å². The highest BCUT2D eigenvalue weighted by Gasteiger charge is 2.20. The summed E-state index contributed by atoms with van der Waals surface area (Å²) in [5.74, 6) is -0.0809. The highest BCUT2D eigenvalue weighted by molar-refractivity contribution is 6.01. The number of Topliss-reactive ketones (excluding diaryl/α,β-unsaturated/α-hetero) is 1. The number of esters is 1. The van der Waals surface area contributed by atoms with Crippen LogP contribution in [0.4, 0.5) is 0 Å². The van der Waals surface area contributed by atoms with Crippen molar-refractivity contribution in [2.75, 3.05) is 7.11 Å². The molecule has 0 saturated heterocycles. The van der Waals surface area contributed by atoms with Crippen LogP contribution in [-0.4, -0.2) is 25.0 Å². The SMILES string of the molecule is COc1ccc(C(=O)[C@@H](C)OC(=O)c2cccc(C)c2)cc1. The number of ether oxygens (including phenoxy) is 2. The van der Waals surface area contributed by atoms with Gasteiger partial charge in [-0.3, -0.25) is 4.79 Å². The van der Waals surface area contributed by atoms with Gasteiger partial charge < -0.3 is 9.47 Å². The van der Waals surface area contributed by atoms with Crippen molar-refractivity contribution in [3.05, 3.63) is 65.2 Å². The van der Waals surface area contributed by atoms with Crippen molar-refractivity contribution >= 4 is 11.8 Å². The van der Waals surface area contributed by atoms with Gasteiger partial charge in [-0.15, -0.1) is 0 Å². The second-order valence-electron chi connectivity index (χ2n) is 5.01. The number of methoxy groups -OCH3 is 1. The molecule has 0 unspecified atom stereocenters. The van der Waals surface area contributed by atoms with Gasteiger partial charge in [-0.05, 0) is 50.2 Å². The van der Waals surface area contributed by atoms with Crippen molar-refractivity contribution < 1.29 is 19.1 Å². The average Bonchev–Trinajstić information content (AvgIpc) is 2.54. The van der Waals surface area contributed by atoms with E-state index in [1.807, 2.05) is 13.0 Å². The fourth-order valence-corrected chi connectivity index (χ4v) is 2.04. The molecule has 0 saturated carbocycles. The monoisotopic (exact) mass is 298 g/mol. The quantitative estimate of drug-likeness (QED) is 0.627. The van der Waals surface area contributed by atoms with Crippen LogP contribution in [0, 0.1) is 6.92 Å². The number of benzene rings is 2. The Hall–Kier alpha value is -2.62. The predicted molar refractivity (Wildman–Crippen MR) is 83.4 cm³/mol. The molecule has 0 radical (unpaired) electrons. The molecule has 0 fully saturated rings. The van der Waals surface area contributed by atoms with E-state index in [0.29, 0.717) is 16.9 Å². The molecular formula is C18H18O4. The summed E-state index contributed by atoms with van der Waals surface area (Å²) in [4.78, 5) is 24.3. The molecule has 2 aromatic rings. The summed E-state index contributed by atoms with van der Waals surface area (Å²) in [6, 6.07) is 13.8. The van der Waals surface area contributed by atoms with Gasteiger partial charge in [-0.2, -0.15) is 0 Å². The third-order valence-electron chi connectivity index (χ3n) is 3.28. The highest BCUT2D eigenvalue weighted by atomic mass is 16.5. The molecule has 0 bridgehead atoms. The molecule has 4 heteroatoms. The van der Waals surface area contributed by atoms with E-state index in [2.05, 4.69) is 0 Å². The summed E-state index contributed by atoms with van der Waals surface area (Å²) in [5.41, 5.74) is 1.88. The van der Waals surface area contributed by atoms with E-state index in [9.17, 15) is 9.59 Å². The minimum Gasteiger partial charge on any atom is -0.497 e. The maximum Gasteiger partial charge on any atom is 0.338 e. The normalized spacial score (nSPS) is 11.6. The summed E-state index contributed by atoms with van der Waals surface area (Å²) < 4.78 is 10.3. The lowest BCUT2D eigenvalue weighted by molar-refractivity contribution is 0.0318. The standard InChI is InChI=1S/C18H18O4/c1-12-5-4-6-15(11-12)18(20)22-13(2)17(19)14-7-9-16(21-3)10-8-14/h4-11,13H,1-3H3/t13-/m1/s1. The highest BCUT2D eigenvalue weighted by Crippen LogP contribution is 2.15. The number of hydrogen-bond acceptors (Lipinski definition) is 4. The third-order valence-corrected chi connectivity index (χ3v) is 3.28. The van der Waals surface area contributed by atoms with E-state index in [0.717, 1.165) is 5.56 Å². The van der Waals surface area contributed by atoms with Crippen molar-refractivity contribution in [2.24, 2.45) is 0 Å². The van der Waals surface area contributed by atoms with Crippen LogP contribution >= 0.6 is 0 Å². The van der Waals surface area contributed by atoms with E-state index in [1.165, 1.54) is 0 Å². The number of rotatable bonds is 5. The van der Waals surface area contributed by atoms with Gasteiger partial charge in [-0.25, -0.2) is 4.79 Å². The molecule has 114 valence electrons. The molecular weight excluding hydrogens is 280 g/mol. The Kier molecular flexibility index (Phi) is 4.94. The average molecular weight is 298 g/mol. The van der Waals surface area contributed by atoms with E-state index < -0.39 is 12.1 Å². The molecule has 2 rings (SSSR count). The van der Waals surface area contributed by atoms with Gasteiger partial charge in [0, 0.05) is 5.56 Å². The molecule has 0 aliphatic carbocycles. The summed E-state index contributed by atoms with van der Waals surface area (Å²) in [5, 5.41) is 0. The number of aryl methyl sites for hydroxylation is 1. The smallest absolute Gasteiger partial charge is 0.338 e. The lowest BCUT2D eigenvalue weighted by atomic mass is 10.1. The lowest BCUT2D eigenvalue weighted by Crippen LogP contribution is -2.24. The van der Waals surface area contributed by atoms with E-state index in [1.54, 1.807) is 56.5 Å². The Balaban J connectivity index is 2.05. The Morgan fingerprint density at radius 1 is 1.00 bits per heavy atom. The van der Waals surface area contributed by atoms with Gasteiger partial charge in [0.05, 0.1) is 12.7 Å². The van der Waals surface area contributed by atoms with Gasteiger partial charge in [0.25, 0.3) is 0 Å². The zero-order valence-electron chi connectivity index (χ0n) is 12.8. The minimum atomic E-state index is -0.846. The number of hydrogen-bond donors (Lipinski definition) is 0. The fraction of sp³-hybridized carbons (Fsp3) is 0.222. The minimum absolute atomic E-state index is 0.247. The van der Waals surface area contributed by atoms with Crippen molar-refractivity contribution in [2.45, 2.75) is 20.0 Å². The molecule has 0 amide bonds. The van der Waals surface area contributed by atoms with Crippen molar-refractivity contribution in [1.29, 1.82) is 0 Å². The van der Waals surface area contributed by atoms with Crippen LogP contribution in [0.15, 0.2) is 48.5 Å². The lowest BCUT2D eigenvalue weighted by Gasteiger charge is -2.13. The van der Waals surface area contributed by atoms with E-state index in [4.69, 9.17) is 9.47 Å². The fourth-order valence-electron chi connectivity index (χ4n) is 2.04. The number of ketones is 1. The Labute approximate surface area is 129 Å². The first kappa shape index (κ1) is 15.8. The number of carbonyl (C=O) groups excluding carboxylic acids is 2. The first-order valence-corrected chi connectivity index (χ1v) is 6.97. The van der Waals surface area contributed by atoms with Gasteiger partial charge in [0.2, 0.25) is 5.78 Å². The van der Waals surface area contributed by atoms with Crippen LogP contribution in [0.1, 0.15) is 33.2 Å². The first-order valence-electron chi connectivity index (χ1n) is 6.97. The third kappa shape index (κ3) is 3.73. The predicted octanol–water partition coefficient (Wildman–Crippen LogP) is 3.43. The summed E-state index contributed by atoms with van der Waals surface area (Å²) in [7, 11) is 1.56. The molecule has 22 heavy (non-hydrogen) atoms. The van der Waals surface area contributed by atoms with Crippen LogP contribution in [0.25, 0.3) is 0 Å². The largest absolute Gasteiger partial charge is 0.497 e. The summed E-state index contributed by atoms with van der Waals surface area (Å²) in [6.45, 7) is 3.46. The molecule has 0 spiro atoms. The van der Waals surface area contributed by atoms with Crippen LogP contribution in [0.5, 0.6) is 5.75 Å². The zero-order chi connectivity index (χ0) is 16.1. The van der Waals surface area contributed by atoms with Crippen molar-refractivity contribution in [3.63, 3.8) is 0 Å². The van der Waals surface area contributed by atoms with E-state index >= 15 is 0 Å². The Bertz CT molecular complexity index is 674. The van der Waals surface area contributed by atoms with Crippen LogP contribution in [-0.2, 0) is 4.74 Å². The van der Waals surface area contributed by atoms with E-state index in [-0.39, 0.29) is 5.78 Å². The second kappa shape index (κ2) is 6.89. The van der Waals surface area contributed by atoms with Crippen LogP contribution in [0.2, 0.25) is 0 Å². The summed E-state index contributed by atoms with van der Waals surface area (Å²) >= 11 is 0. The van der Waals surface area contributed by atoms with Crippen LogP contribution in [0.3, 0.4) is 0 Å². The van der Waals surface area contributed by atoms with Crippen LogP contribution < -0.4 is 4.74 Å². The second-order valence-corrected chi connectivity index (χ2v) is 5.01. The Morgan fingerprint density at radius 2 is 1.68 bits per heavy atom. The number of carbonyl (C=O) groups is 2. The molecule has 4 nitrogen and oxygen atoms in total. The summed E-state index contributed by atoms with van der Waals surface area (Å²) in [6.07, 6.45) is -0.846. The Morgan fingerprint density at radius 3 is 2.27 bits per heavy atom.